The minimum Gasteiger partial charge on any atom is -0.502 e. The molecule has 0 aromatic heterocycles. The molecule has 2 N–H and O–H groups in total. The number of unbranched alkanes of at least 4 members (excludes halogenated alkanes) is 1. The average molecular weight is 389 g/mol. The highest BCUT2D eigenvalue weighted by atomic mass is 35.5. The summed E-state index contributed by atoms with van der Waals surface area (Å²) >= 11 is 5.98. The van der Waals surface area contributed by atoms with Gasteiger partial charge in [-0.25, -0.2) is 4.39 Å². The van der Waals surface area contributed by atoms with Crippen LogP contribution in [0.4, 0.5) is 10.1 Å². The Morgan fingerprint density at radius 3 is 2.85 bits per heavy atom. The highest BCUT2D eigenvalue weighted by Crippen LogP contribution is 2.46. The van der Waals surface area contributed by atoms with E-state index in [1.807, 2.05) is 13.0 Å². The van der Waals surface area contributed by atoms with Crippen molar-refractivity contribution in [3.63, 3.8) is 0 Å². The summed E-state index contributed by atoms with van der Waals surface area (Å²) in [6.07, 6.45) is 2.45. The van der Waals surface area contributed by atoms with E-state index in [1.54, 1.807) is 18.2 Å². The van der Waals surface area contributed by atoms with Gasteiger partial charge in [0.25, 0.3) is 0 Å². The van der Waals surface area contributed by atoms with Gasteiger partial charge >= 0.3 is 0 Å². The lowest BCUT2D eigenvalue weighted by Gasteiger charge is -2.18. The van der Waals surface area contributed by atoms with E-state index >= 15 is 4.39 Å². The van der Waals surface area contributed by atoms with E-state index in [0.29, 0.717) is 11.4 Å². The van der Waals surface area contributed by atoms with E-state index in [0.717, 1.165) is 12.5 Å². The number of carbonyl (C=O) groups is 1. The molecule has 0 aliphatic rings. The maximum Gasteiger partial charge on any atom is 0.247 e. The van der Waals surface area contributed by atoms with Crippen molar-refractivity contribution in [2.75, 3.05) is 11.9 Å². The monoisotopic (exact) mass is 388 g/mol. The van der Waals surface area contributed by atoms with Crippen molar-refractivity contribution in [3.8, 4) is 28.7 Å². The summed E-state index contributed by atoms with van der Waals surface area (Å²) in [5.41, 5.74) is -0.183. The first-order valence-electron chi connectivity index (χ1n) is 8.25. The standard InChI is InChI=1S/C20H18ClFN2O3/c1-3-5-9-27-20-14(11-23)18(24-15(25)4-2)16(17(22)19(20)26)12-7-6-8-13(21)10-12/h4,6-8,10,26H,2-3,5,9H2,1H3,(H,24,25). The summed E-state index contributed by atoms with van der Waals surface area (Å²) in [6.45, 7) is 5.48. The van der Waals surface area contributed by atoms with E-state index < -0.39 is 17.5 Å². The lowest BCUT2D eigenvalue weighted by Crippen LogP contribution is -2.12. The predicted molar refractivity (Wildman–Crippen MR) is 102 cm³/mol. The minimum absolute atomic E-state index is 0.119. The molecule has 2 aromatic carbocycles. The van der Waals surface area contributed by atoms with Gasteiger partial charge in [-0.15, -0.1) is 0 Å². The zero-order valence-corrected chi connectivity index (χ0v) is 15.4. The Bertz CT molecular complexity index is 922. The van der Waals surface area contributed by atoms with Gasteiger partial charge in [-0.05, 0) is 30.2 Å². The van der Waals surface area contributed by atoms with Crippen molar-refractivity contribution < 1.29 is 19.0 Å². The normalized spacial score (nSPS) is 10.1. The number of aromatic hydroxyl groups is 1. The summed E-state index contributed by atoms with van der Waals surface area (Å²) < 4.78 is 20.5. The maximum absolute atomic E-state index is 15.1. The van der Waals surface area contributed by atoms with Crippen LogP contribution in [0.1, 0.15) is 25.3 Å². The molecule has 0 radical (unpaired) electrons. The molecule has 0 aliphatic heterocycles. The van der Waals surface area contributed by atoms with Crippen LogP contribution in [-0.2, 0) is 4.79 Å². The number of phenolic OH excluding ortho intramolecular Hbond substituents is 1. The van der Waals surface area contributed by atoms with Crippen molar-refractivity contribution in [2.45, 2.75) is 19.8 Å². The molecular formula is C20H18ClFN2O3. The highest BCUT2D eigenvalue weighted by Gasteiger charge is 2.27. The van der Waals surface area contributed by atoms with Gasteiger partial charge in [0.1, 0.15) is 11.6 Å². The van der Waals surface area contributed by atoms with Crippen LogP contribution in [0, 0.1) is 17.1 Å². The maximum atomic E-state index is 15.1. The van der Waals surface area contributed by atoms with Crippen LogP contribution in [0.5, 0.6) is 11.5 Å². The molecule has 0 bridgehead atoms. The molecule has 0 saturated carbocycles. The first-order chi connectivity index (χ1) is 12.9. The number of nitriles is 1. The smallest absolute Gasteiger partial charge is 0.247 e. The topological polar surface area (TPSA) is 82.4 Å². The molecule has 0 aliphatic carbocycles. The molecule has 0 spiro atoms. The molecule has 27 heavy (non-hydrogen) atoms. The van der Waals surface area contributed by atoms with Gasteiger partial charge in [-0.2, -0.15) is 5.26 Å². The van der Waals surface area contributed by atoms with Gasteiger partial charge in [0.2, 0.25) is 5.91 Å². The van der Waals surface area contributed by atoms with Gasteiger partial charge in [-0.3, -0.25) is 4.79 Å². The van der Waals surface area contributed by atoms with Crippen LogP contribution in [0.3, 0.4) is 0 Å². The summed E-state index contributed by atoms with van der Waals surface area (Å²) in [7, 11) is 0. The zero-order chi connectivity index (χ0) is 20.0. The molecule has 2 rings (SSSR count). The summed E-state index contributed by atoms with van der Waals surface area (Å²) in [4.78, 5) is 11.9. The molecule has 7 heteroatoms. The predicted octanol–water partition coefficient (Wildman–Crippen LogP) is 5.03. The number of benzene rings is 2. The first kappa shape index (κ1) is 20.3. The van der Waals surface area contributed by atoms with E-state index in [2.05, 4.69) is 11.9 Å². The second-order valence-electron chi connectivity index (χ2n) is 5.63. The fourth-order valence-electron chi connectivity index (χ4n) is 2.46. The first-order valence-corrected chi connectivity index (χ1v) is 8.63. The molecule has 0 atom stereocenters. The fourth-order valence-corrected chi connectivity index (χ4v) is 2.66. The van der Waals surface area contributed by atoms with Crippen LogP contribution >= 0.6 is 11.6 Å². The number of hydrogen-bond donors (Lipinski definition) is 2. The average Bonchev–Trinajstić information content (AvgIpc) is 2.65. The number of nitrogens with one attached hydrogen (secondary N) is 1. The lowest BCUT2D eigenvalue weighted by atomic mass is 9.97. The molecule has 0 fully saturated rings. The fraction of sp³-hybridized carbons (Fsp3) is 0.200. The molecular weight excluding hydrogens is 371 g/mol. The third-order valence-corrected chi connectivity index (χ3v) is 4.01. The molecule has 140 valence electrons. The number of halogens is 2. The van der Waals surface area contributed by atoms with Gasteiger partial charge in [-0.1, -0.05) is 43.7 Å². The number of carbonyl (C=O) groups excluding carboxylic acids is 1. The lowest BCUT2D eigenvalue weighted by molar-refractivity contribution is -0.111. The van der Waals surface area contributed by atoms with Crippen LogP contribution in [-0.4, -0.2) is 17.6 Å². The Balaban J connectivity index is 2.78. The van der Waals surface area contributed by atoms with Crippen LogP contribution < -0.4 is 10.1 Å². The quantitative estimate of drug-likeness (QED) is 0.396. The van der Waals surface area contributed by atoms with Gasteiger partial charge in [0.05, 0.1) is 12.3 Å². The second kappa shape index (κ2) is 9.06. The third-order valence-electron chi connectivity index (χ3n) is 3.77. The van der Waals surface area contributed by atoms with Crippen molar-refractivity contribution in [3.05, 3.63) is 53.3 Å². The van der Waals surface area contributed by atoms with Crippen molar-refractivity contribution in [1.82, 2.24) is 0 Å². The van der Waals surface area contributed by atoms with Crippen molar-refractivity contribution in [1.29, 1.82) is 5.26 Å². The summed E-state index contributed by atoms with van der Waals surface area (Å²) in [5.74, 6) is -2.77. The van der Waals surface area contributed by atoms with E-state index in [9.17, 15) is 15.2 Å². The Morgan fingerprint density at radius 1 is 1.52 bits per heavy atom. The Labute approximate surface area is 161 Å². The molecule has 1 amide bonds. The number of nitrogens with zero attached hydrogens (tertiary/aromatic N) is 1. The number of amides is 1. The van der Waals surface area contributed by atoms with Crippen LogP contribution in [0.15, 0.2) is 36.9 Å². The number of phenols is 1. The Hall–Kier alpha value is -3.04. The van der Waals surface area contributed by atoms with Crippen molar-refractivity contribution in [2.24, 2.45) is 0 Å². The van der Waals surface area contributed by atoms with Gasteiger partial charge in [0, 0.05) is 10.6 Å². The minimum atomic E-state index is -1.03. The van der Waals surface area contributed by atoms with E-state index in [-0.39, 0.29) is 34.7 Å². The van der Waals surface area contributed by atoms with E-state index in [1.165, 1.54) is 6.07 Å². The third kappa shape index (κ3) is 4.39. The molecule has 0 unspecified atom stereocenters. The van der Waals surface area contributed by atoms with Crippen molar-refractivity contribution >= 4 is 23.2 Å². The van der Waals surface area contributed by atoms with E-state index in [4.69, 9.17) is 16.3 Å². The largest absolute Gasteiger partial charge is 0.502 e. The summed E-state index contributed by atoms with van der Waals surface area (Å²) in [5, 5.41) is 22.7. The molecule has 5 nitrogen and oxygen atoms in total. The summed E-state index contributed by atoms with van der Waals surface area (Å²) in [6, 6.07) is 8.07. The van der Waals surface area contributed by atoms with Gasteiger partial charge < -0.3 is 15.2 Å². The highest BCUT2D eigenvalue weighted by molar-refractivity contribution is 6.30. The zero-order valence-electron chi connectivity index (χ0n) is 14.7. The van der Waals surface area contributed by atoms with Gasteiger partial charge in [0.15, 0.2) is 17.3 Å². The second-order valence-corrected chi connectivity index (χ2v) is 6.07. The molecule has 0 heterocycles. The number of anilines is 1. The Morgan fingerprint density at radius 2 is 2.26 bits per heavy atom. The Kier molecular flexibility index (Phi) is 6.80. The van der Waals surface area contributed by atoms with Crippen LogP contribution in [0.2, 0.25) is 5.02 Å². The van der Waals surface area contributed by atoms with Crippen LogP contribution in [0.25, 0.3) is 11.1 Å². The molecule has 2 aromatic rings. The number of rotatable bonds is 7. The number of ether oxygens (including phenoxy) is 1. The SMILES string of the molecule is C=CC(=O)Nc1c(C#N)c(OCCCC)c(O)c(F)c1-c1cccc(Cl)c1. The number of hydrogen-bond acceptors (Lipinski definition) is 4. The molecule has 0 saturated heterocycles.